The Labute approximate surface area is 278 Å². The molecule has 2 aliphatic carbocycles. The van der Waals surface area contributed by atoms with Crippen molar-refractivity contribution in [2.24, 2.45) is 23.2 Å². The fraction of sp³-hybridized carbons (Fsp3) is 0.487. The molecule has 3 aliphatic rings. The fourth-order valence-electron chi connectivity index (χ4n) is 7.27. The minimum absolute atomic E-state index is 0.0315. The van der Waals surface area contributed by atoms with Crippen molar-refractivity contribution in [2.45, 2.75) is 70.8 Å². The molecule has 248 valence electrons. The summed E-state index contributed by atoms with van der Waals surface area (Å²) in [6.07, 6.45) is 11.2. The van der Waals surface area contributed by atoms with Crippen molar-refractivity contribution >= 4 is 11.8 Å². The molecule has 0 N–H and O–H groups in total. The van der Waals surface area contributed by atoms with Crippen LogP contribution in [-0.4, -0.2) is 59.7 Å². The third-order valence-corrected chi connectivity index (χ3v) is 9.99. The number of hydrogen-bond acceptors (Lipinski definition) is 8. The highest BCUT2D eigenvalue weighted by Gasteiger charge is 2.59. The van der Waals surface area contributed by atoms with Crippen molar-refractivity contribution in [3.8, 4) is 28.5 Å². The summed E-state index contributed by atoms with van der Waals surface area (Å²) >= 11 is 0. The molecule has 47 heavy (non-hydrogen) atoms. The normalized spacial score (nSPS) is 28.0. The van der Waals surface area contributed by atoms with E-state index in [0.717, 1.165) is 49.0 Å². The summed E-state index contributed by atoms with van der Waals surface area (Å²) in [7, 11) is 1.97. The smallest absolute Gasteiger partial charge is 0.312 e. The number of Topliss-reactive ketones (excluding diaryl/α,β-unsaturated/α-hetero) is 1. The van der Waals surface area contributed by atoms with E-state index >= 15 is 0 Å². The zero-order valence-electron chi connectivity index (χ0n) is 27.7. The first kappa shape index (κ1) is 33.0. The molecule has 8 heteroatoms. The standard InChI is InChI=1S/C39H47N3O5/c1-3-45-38(44)39-21-14-20-35(43)33-24-32(23-30(33)27-46-42(2)22-13-5-4-12-19-31(39)26-39)47-36-25-34(28-15-8-6-9-16-28)40-37(41-36)29-17-10-7-11-18-29/h6-12,15-19,25,30-33H,3-5,13-14,20-24,26-27H2,1-2H3/b19-12-/t30-,31+,32-,33+,39-/m0/s1. The van der Waals surface area contributed by atoms with Crippen LogP contribution < -0.4 is 4.74 Å². The van der Waals surface area contributed by atoms with E-state index in [1.54, 1.807) is 0 Å². The maximum Gasteiger partial charge on any atom is 0.312 e. The van der Waals surface area contributed by atoms with Gasteiger partial charge in [0, 0.05) is 43.1 Å². The molecular weight excluding hydrogens is 590 g/mol. The van der Waals surface area contributed by atoms with Crippen LogP contribution in [-0.2, 0) is 19.2 Å². The zero-order valence-corrected chi connectivity index (χ0v) is 27.7. The molecule has 5 atom stereocenters. The second-order valence-electron chi connectivity index (χ2n) is 13.3. The van der Waals surface area contributed by atoms with Crippen LogP contribution in [0.1, 0.15) is 64.7 Å². The monoisotopic (exact) mass is 637 g/mol. The lowest BCUT2D eigenvalue weighted by atomic mass is 9.88. The van der Waals surface area contributed by atoms with Crippen LogP contribution in [0.3, 0.4) is 0 Å². The number of carbonyl (C=O) groups excluding carboxylic acids is 2. The van der Waals surface area contributed by atoms with Gasteiger partial charge in [0.15, 0.2) is 5.82 Å². The minimum atomic E-state index is -0.481. The van der Waals surface area contributed by atoms with Crippen LogP contribution in [0, 0.1) is 23.2 Å². The van der Waals surface area contributed by atoms with E-state index in [0.29, 0.717) is 57.0 Å². The number of fused-ring (bicyclic) bond motifs is 2. The third kappa shape index (κ3) is 8.17. The highest BCUT2D eigenvalue weighted by atomic mass is 16.7. The number of benzene rings is 2. The third-order valence-electron chi connectivity index (χ3n) is 9.99. The number of hydroxylamine groups is 2. The zero-order chi connectivity index (χ0) is 32.6. The van der Waals surface area contributed by atoms with Gasteiger partial charge in [-0.15, -0.1) is 0 Å². The molecule has 6 rings (SSSR count). The van der Waals surface area contributed by atoms with Gasteiger partial charge in [0.1, 0.15) is 11.9 Å². The quantitative estimate of drug-likeness (QED) is 0.203. The highest BCUT2D eigenvalue weighted by Crippen LogP contribution is 2.58. The Morgan fingerprint density at radius 1 is 1.00 bits per heavy atom. The van der Waals surface area contributed by atoms with Crippen molar-refractivity contribution in [3.63, 3.8) is 0 Å². The van der Waals surface area contributed by atoms with Crippen LogP contribution in [0.25, 0.3) is 22.6 Å². The molecule has 1 aliphatic heterocycles. The van der Waals surface area contributed by atoms with Gasteiger partial charge in [0.25, 0.3) is 0 Å². The topological polar surface area (TPSA) is 90.9 Å². The Bertz CT molecular complexity index is 1470. The average molecular weight is 638 g/mol. The molecule has 2 heterocycles. The molecule has 3 aromatic rings. The van der Waals surface area contributed by atoms with Crippen LogP contribution in [0.4, 0.5) is 0 Å². The molecule has 1 aromatic heterocycles. The molecule has 0 bridgehead atoms. The van der Waals surface area contributed by atoms with Crippen molar-refractivity contribution in [3.05, 3.63) is 78.9 Å². The van der Waals surface area contributed by atoms with E-state index in [1.807, 2.05) is 85.8 Å². The Balaban J connectivity index is 1.20. The Hall–Kier alpha value is -3.88. The van der Waals surface area contributed by atoms with Gasteiger partial charge >= 0.3 is 5.97 Å². The van der Waals surface area contributed by atoms with Crippen molar-refractivity contribution in [2.75, 3.05) is 26.8 Å². The van der Waals surface area contributed by atoms with E-state index in [1.165, 1.54) is 0 Å². The van der Waals surface area contributed by atoms with E-state index in [9.17, 15) is 9.59 Å². The minimum Gasteiger partial charge on any atom is -0.474 e. The van der Waals surface area contributed by atoms with E-state index in [2.05, 4.69) is 12.2 Å². The summed E-state index contributed by atoms with van der Waals surface area (Å²) in [6.45, 7) is 3.52. The molecule has 0 amide bonds. The fourth-order valence-corrected chi connectivity index (χ4v) is 7.27. The lowest BCUT2D eigenvalue weighted by Crippen LogP contribution is -2.28. The molecular formula is C39H47N3O5. The van der Waals surface area contributed by atoms with Gasteiger partial charge in [-0.2, -0.15) is 10.0 Å². The summed E-state index contributed by atoms with van der Waals surface area (Å²) in [5, 5.41) is 1.91. The van der Waals surface area contributed by atoms with Crippen molar-refractivity contribution in [1.29, 1.82) is 0 Å². The second kappa shape index (κ2) is 15.3. The average Bonchev–Trinajstić information content (AvgIpc) is 3.65. The maximum atomic E-state index is 13.8. The van der Waals surface area contributed by atoms with E-state index < -0.39 is 5.41 Å². The van der Waals surface area contributed by atoms with Gasteiger partial charge in [-0.1, -0.05) is 72.8 Å². The molecule has 0 unspecified atom stereocenters. The predicted octanol–water partition coefficient (Wildman–Crippen LogP) is 7.50. The molecule has 2 fully saturated rings. The number of nitrogens with zero attached hydrogens (tertiary/aromatic N) is 3. The van der Waals surface area contributed by atoms with Crippen molar-refractivity contribution < 1.29 is 23.9 Å². The lowest BCUT2D eigenvalue weighted by molar-refractivity contribution is -0.157. The molecule has 0 saturated heterocycles. The predicted molar refractivity (Wildman–Crippen MR) is 181 cm³/mol. The number of carbonyl (C=O) groups is 2. The Morgan fingerprint density at radius 3 is 2.53 bits per heavy atom. The number of hydrogen-bond donors (Lipinski definition) is 0. The van der Waals surface area contributed by atoms with Crippen LogP contribution in [0.15, 0.2) is 78.9 Å². The number of rotatable bonds is 6. The van der Waals surface area contributed by atoms with Crippen LogP contribution >= 0.6 is 0 Å². The van der Waals surface area contributed by atoms with E-state index in [-0.39, 0.29) is 35.6 Å². The van der Waals surface area contributed by atoms with Gasteiger partial charge in [0.2, 0.25) is 5.88 Å². The molecule has 2 saturated carbocycles. The van der Waals surface area contributed by atoms with Crippen LogP contribution in [0.2, 0.25) is 0 Å². The van der Waals surface area contributed by atoms with Gasteiger partial charge in [-0.05, 0) is 70.1 Å². The Morgan fingerprint density at radius 2 is 1.77 bits per heavy atom. The van der Waals surface area contributed by atoms with Crippen molar-refractivity contribution in [1.82, 2.24) is 15.0 Å². The lowest BCUT2D eigenvalue weighted by Gasteiger charge is -2.22. The molecule has 0 radical (unpaired) electrons. The number of allylic oxidation sites excluding steroid dienone is 2. The van der Waals surface area contributed by atoms with Gasteiger partial charge in [-0.3, -0.25) is 14.4 Å². The summed E-state index contributed by atoms with van der Waals surface area (Å²) in [5.41, 5.74) is 2.21. The second-order valence-corrected chi connectivity index (χ2v) is 13.3. The summed E-state index contributed by atoms with van der Waals surface area (Å²) in [5.74, 6) is 1.27. The summed E-state index contributed by atoms with van der Waals surface area (Å²) in [6, 6.07) is 21.9. The molecule has 0 spiro atoms. The maximum absolute atomic E-state index is 13.8. The first-order valence-electron chi connectivity index (χ1n) is 17.3. The summed E-state index contributed by atoms with van der Waals surface area (Å²) in [4.78, 5) is 42.7. The number of ether oxygens (including phenoxy) is 2. The SMILES string of the molecule is CCOC(=O)[C@]12CCCC(=O)[C@@H]3C[C@@H](Oc4cc(-c5ccccc5)nc(-c5ccccc5)n4)C[C@H]3CON(C)CCCC/C=C\[C@@H]1C2. The number of aromatic nitrogens is 2. The van der Waals surface area contributed by atoms with Gasteiger partial charge in [-0.25, -0.2) is 4.98 Å². The first-order valence-corrected chi connectivity index (χ1v) is 17.3. The van der Waals surface area contributed by atoms with Gasteiger partial charge < -0.3 is 9.47 Å². The number of esters is 1. The van der Waals surface area contributed by atoms with E-state index in [4.69, 9.17) is 24.3 Å². The van der Waals surface area contributed by atoms with Crippen LogP contribution in [0.5, 0.6) is 5.88 Å². The molecule has 8 nitrogen and oxygen atoms in total. The highest BCUT2D eigenvalue weighted by molar-refractivity contribution is 5.83. The largest absolute Gasteiger partial charge is 0.474 e. The molecule has 2 aromatic carbocycles. The van der Waals surface area contributed by atoms with Gasteiger partial charge in [0.05, 0.1) is 24.3 Å². The number of ketones is 1. The summed E-state index contributed by atoms with van der Waals surface area (Å²) < 4.78 is 12.1. The first-order chi connectivity index (χ1) is 22.9. The Kier molecular flexibility index (Phi) is 10.8.